The molecule has 6 rings (SSSR count). The third-order valence-electron chi connectivity index (χ3n) is 8.25. The predicted octanol–water partition coefficient (Wildman–Crippen LogP) is 4.24. The number of hydrogen-bond acceptors (Lipinski definition) is 8. The number of nitrogens with zero attached hydrogens (tertiary/aromatic N) is 5. The Morgan fingerprint density at radius 2 is 1.71 bits per heavy atom. The van der Waals surface area contributed by atoms with Gasteiger partial charge in [-0.1, -0.05) is 29.3 Å². The molecule has 1 aliphatic carbocycles. The number of hydrogen-bond donors (Lipinski definition) is 1. The predicted molar refractivity (Wildman–Crippen MR) is 172 cm³/mol. The first kappa shape index (κ1) is 31.6. The van der Waals surface area contributed by atoms with Crippen LogP contribution in [0.15, 0.2) is 58.4 Å². The number of ether oxygens (including phenoxy) is 2. The number of carbonyl (C=O) groups is 1. The summed E-state index contributed by atoms with van der Waals surface area (Å²) in [5.74, 6) is 0.203. The van der Waals surface area contributed by atoms with E-state index in [-0.39, 0.29) is 40.9 Å². The Bertz CT molecular complexity index is 1720. The Morgan fingerprint density at radius 1 is 0.978 bits per heavy atom. The van der Waals surface area contributed by atoms with Crippen LogP contribution in [0.25, 0.3) is 5.69 Å². The number of anilines is 2. The fourth-order valence-corrected chi connectivity index (χ4v) is 7.69. The Morgan fingerprint density at radius 3 is 2.40 bits per heavy atom. The minimum atomic E-state index is -3.88. The highest BCUT2D eigenvalue weighted by Crippen LogP contribution is 2.32. The van der Waals surface area contributed by atoms with Gasteiger partial charge in [-0.3, -0.25) is 4.79 Å². The van der Waals surface area contributed by atoms with E-state index < -0.39 is 15.6 Å². The summed E-state index contributed by atoms with van der Waals surface area (Å²) in [5, 5.41) is 7.77. The van der Waals surface area contributed by atoms with Gasteiger partial charge in [0, 0.05) is 44.3 Å². The van der Waals surface area contributed by atoms with Crippen molar-refractivity contribution in [3.05, 3.63) is 69.1 Å². The highest BCUT2D eigenvalue weighted by Gasteiger charge is 2.32. The van der Waals surface area contributed by atoms with Crippen molar-refractivity contribution in [2.75, 3.05) is 62.7 Å². The minimum Gasteiger partial charge on any atom is -0.483 e. The Kier molecular flexibility index (Phi) is 9.52. The number of carbonyl (C=O) groups excluding carboxylic acids is 1. The highest BCUT2D eigenvalue weighted by atomic mass is 35.5. The average molecular weight is 678 g/mol. The van der Waals surface area contributed by atoms with Crippen molar-refractivity contribution in [1.29, 1.82) is 0 Å². The first-order chi connectivity index (χ1) is 21.7. The Labute approximate surface area is 271 Å². The summed E-state index contributed by atoms with van der Waals surface area (Å²) >= 11 is 12.6. The number of rotatable bonds is 7. The number of amides is 2. The molecule has 0 radical (unpaired) electrons. The maximum absolute atomic E-state index is 13.7. The maximum atomic E-state index is 13.7. The molecule has 3 aliphatic rings. The van der Waals surface area contributed by atoms with Crippen LogP contribution in [0.3, 0.4) is 0 Å². The van der Waals surface area contributed by atoms with E-state index in [4.69, 9.17) is 32.7 Å². The summed E-state index contributed by atoms with van der Waals surface area (Å²) in [6.45, 7) is 2.85. The van der Waals surface area contributed by atoms with Crippen LogP contribution >= 0.6 is 23.2 Å². The van der Waals surface area contributed by atoms with Crippen LogP contribution in [0, 0.1) is 0 Å². The number of halogens is 2. The molecule has 3 fully saturated rings. The standard InChI is InChI=1S/C30H34Cl2N6O6S/c31-21-4-3-5-22(18-21)38-29(39)28(44-23-6-1-2-7-23)27(20-33-38)35-10-12-37(13-11-35)45(41,42)24-8-9-26(25(32)19-24)34-30(40)36-14-16-43-17-15-36/h3-5,8-9,18-20,23H,1-2,6-7,10-17H2,(H,34,40). The summed E-state index contributed by atoms with van der Waals surface area (Å²) in [6, 6.07) is 10.9. The zero-order valence-electron chi connectivity index (χ0n) is 24.5. The number of urea groups is 1. The van der Waals surface area contributed by atoms with Gasteiger partial charge in [0.25, 0.3) is 0 Å². The molecule has 0 unspecified atom stereocenters. The van der Waals surface area contributed by atoms with Gasteiger partial charge in [0.2, 0.25) is 15.8 Å². The molecule has 2 saturated heterocycles. The summed E-state index contributed by atoms with van der Waals surface area (Å²) in [4.78, 5) is 29.9. The second-order valence-corrected chi connectivity index (χ2v) is 13.9. The monoisotopic (exact) mass is 676 g/mol. The molecule has 3 aromatic rings. The number of morpholine rings is 1. The van der Waals surface area contributed by atoms with Crippen LogP contribution < -0.4 is 20.5 Å². The summed E-state index contributed by atoms with van der Waals surface area (Å²) < 4.78 is 41.4. The Hall–Kier alpha value is -3.36. The fraction of sp³-hybridized carbons (Fsp3) is 0.433. The summed E-state index contributed by atoms with van der Waals surface area (Å²) in [5.41, 5.74) is 0.987. The minimum absolute atomic E-state index is 0.0290. The molecule has 0 bridgehead atoms. The second-order valence-electron chi connectivity index (χ2n) is 11.1. The number of nitrogens with one attached hydrogen (secondary N) is 1. The smallest absolute Gasteiger partial charge is 0.322 e. The molecule has 0 atom stereocenters. The number of sulfonamides is 1. The molecule has 2 aliphatic heterocycles. The molecule has 1 N–H and O–H groups in total. The molecule has 0 spiro atoms. The quantitative estimate of drug-likeness (QED) is 0.394. The molecule has 1 saturated carbocycles. The van der Waals surface area contributed by atoms with Gasteiger partial charge in [0.05, 0.1) is 46.8 Å². The van der Waals surface area contributed by atoms with E-state index in [0.717, 1.165) is 25.7 Å². The van der Waals surface area contributed by atoms with Crippen LogP contribution in [0.4, 0.5) is 16.2 Å². The van der Waals surface area contributed by atoms with Crippen molar-refractivity contribution in [1.82, 2.24) is 19.0 Å². The van der Waals surface area contributed by atoms with E-state index in [1.165, 1.54) is 27.2 Å². The lowest BCUT2D eigenvalue weighted by atomic mass is 10.2. The molecule has 15 heteroatoms. The molecular weight excluding hydrogens is 643 g/mol. The zero-order chi connectivity index (χ0) is 31.6. The van der Waals surface area contributed by atoms with E-state index in [2.05, 4.69) is 10.4 Å². The van der Waals surface area contributed by atoms with E-state index in [1.807, 2.05) is 4.90 Å². The van der Waals surface area contributed by atoms with Crippen molar-refractivity contribution in [2.24, 2.45) is 0 Å². The van der Waals surface area contributed by atoms with Crippen LogP contribution in [0.1, 0.15) is 25.7 Å². The molecular formula is C30H34Cl2N6O6S. The molecule has 1 aromatic heterocycles. The van der Waals surface area contributed by atoms with Crippen molar-refractivity contribution in [3.63, 3.8) is 0 Å². The normalized spacial score (nSPS) is 18.3. The van der Waals surface area contributed by atoms with Gasteiger partial charge in [-0.15, -0.1) is 0 Å². The van der Waals surface area contributed by atoms with E-state index in [0.29, 0.717) is 61.5 Å². The van der Waals surface area contributed by atoms with E-state index in [1.54, 1.807) is 35.4 Å². The van der Waals surface area contributed by atoms with Crippen molar-refractivity contribution in [2.45, 2.75) is 36.7 Å². The first-order valence-electron chi connectivity index (χ1n) is 14.9. The number of benzene rings is 2. The molecule has 45 heavy (non-hydrogen) atoms. The zero-order valence-corrected chi connectivity index (χ0v) is 26.9. The van der Waals surface area contributed by atoms with Gasteiger partial charge in [-0.2, -0.15) is 14.1 Å². The summed E-state index contributed by atoms with van der Waals surface area (Å²) in [6.07, 6.45) is 5.33. The van der Waals surface area contributed by atoms with Gasteiger partial charge in [-0.05, 0) is 62.1 Å². The molecule has 12 nitrogen and oxygen atoms in total. The van der Waals surface area contributed by atoms with Gasteiger partial charge in [0.15, 0.2) is 0 Å². The van der Waals surface area contributed by atoms with Gasteiger partial charge >= 0.3 is 11.6 Å². The molecule has 2 amide bonds. The van der Waals surface area contributed by atoms with Gasteiger partial charge < -0.3 is 24.6 Å². The molecule has 3 heterocycles. The first-order valence-corrected chi connectivity index (χ1v) is 17.1. The fourth-order valence-electron chi connectivity index (χ4n) is 5.77. The third kappa shape index (κ3) is 6.92. The topological polar surface area (TPSA) is 126 Å². The summed E-state index contributed by atoms with van der Waals surface area (Å²) in [7, 11) is -3.88. The van der Waals surface area contributed by atoms with Gasteiger partial charge in [0.1, 0.15) is 5.69 Å². The average Bonchev–Trinajstić information content (AvgIpc) is 3.57. The Balaban J connectivity index is 1.18. The van der Waals surface area contributed by atoms with Crippen molar-refractivity contribution >= 4 is 50.6 Å². The van der Waals surface area contributed by atoms with E-state index >= 15 is 0 Å². The van der Waals surface area contributed by atoms with E-state index in [9.17, 15) is 18.0 Å². The lowest BCUT2D eigenvalue weighted by Gasteiger charge is -2.36. The second kappa shape index (κ2) is 13.6. The number of aromatic nitrogens is 2. The van der Waals surface area contributed by atoms with Crippen LogP contribution in [0.5, 0.6) is 5.75 Å². The van der Waals surface area contributed by atoms with Crippen molar-refractivity contribution in [3.8, 4) is 11.4 Å². The third-order valence-corrected chi connectivity index (χ3v) is 10.7. The van der Waals surface area contributed by atoms with Crippen LogP contribution in [0.2, 0.25) is 10.0 Å². The molecule has 2 aromatic carbocycles. The lowest BCUT2D eigenvalue weighted by Crippen LogP contribution is -2.49. The van der Waals surface area contributed by atoms with Crippen molar-refractivity contribution < 1.29 is 22.7 Å². The largest absolute Gasteiger partial charge is 0.483 e. The van der Waals surface area contributed by atoms with Gasteiger partial charge in [-0.25, -0.2) is 13.2 Å². The SMILES string of the molecule is O=C(Nc1ccc(S(=O)(=O)N2CCN(c3cnn(-c4cccc(Cl)c4)c(=O)c3OC3CCCC3)CC2)cc1Cl)N1CCOCC1. The number of piperazine rings is 1. The van der Waals surface area contributed by atoms with Crippen LogP contribution in [-0.2, 0) is 14.8 Å². The molecule has 240 valence electrons. The highest BCUT2D eigenvalue weighted by molar-refractivity contribution is 7.89. The lowest BCUT2D eigenvalue weighted by molar-refractivity contribution is 0.0564. The van der Waals surface area contributed by atoms with Crippen LogP contribution in [-0.4, -0.2) is 92.0 Å². The maximum Gasteiger partial charge on any atom is 0.322 e.